The average molecular weight is 330 g/mol. The molecule has 0 saturated carbocycles. The molecule has 128 valence electrons. The number of hydrogen-bond donors (Lipinski definition) is 1. The SMILES string of the molecule is CC(NC(=O)CCc1cccc(F)c1)c1nnc2n1CCCCC2. The van der Waals surface area contributed by atoms with Crippen molar-refractivity contribution in [3.8, 4) is 0 Å². The van der Waals surface area contributed by atoms with E-state index in [1.165, 1.54) is 18.6 Å². The summed E-state index contributed by atoms with van der Waals surface area (Å²) in [5, 5.41) is 11.5. The zero-order chi connectivity index (χ0) is 16.9. The Morgan fingerprint density at radius 2 is 2.21 bits per heavy atom. The lowest BCUT2D eigenvalue weighted by atomic mass is 10.1. The number of amides is 1. The number of nitrogens with zero attached hydrogens (tertiary/aromatic N) is 3. The van der Waals surface area contributed by atoms with Gasteiger partial charge >= 0.3 is 0 Å². The molecule has 2 heterocycles. The number of hydrogen-bond acceptors (Lipinski definition) is 3. The summed E-state index contributed by atoms with van der Waals surface area (Å²) >= 11 is 0. The molecule has 0 radical (unpaired) electrons. The number of fused-ring (bicyclic) bond motifs is 1. The third-order valence-electron chi connectivity index (χ3n) is 4.43. The molecule has 0 saturated heterocycles. The summed E-state index contributed by atoms with van der Waals surface area (Å²) in [5.41, 5.74) is 0.828. The second-order valence-electron chi connectivity index (χ2n) is 6.36. The predicted molar refractivity (Wildman–Crippen MR) is 88.9 cm³/mol. The molecule has 0 aliphatic carbocycles. The van der Waals surface area contributed by atoms with E-state index in [1.807, 2.05) is 13.0 Å². The van der Waals surface area contributed by atoms with Gasteiger partial charge in [0.15, 0.2) is 5.82 Å². The first-order valence-corrected chi connectivity index (χ1v) is 8.59. The Morgan fingerprint density at radius 1 is 1.33 bits per heavy atom. The molecule has 1 N–H and O–H groups in total. The van der Waals surface area contributed by atoms with Crippen LogP contribution in [0.5, 0.6) is 0 Å². The number of rotatable bonds is 5. The topological polar surface area (TPSA) is 59.8 Å². The second-order valence-corrected chi connectivity index (χ2v) is 6.36. The maximum absolute atomic E-state index is 13.2. The van der Waals surface area contributed by atoms with Gasteiger partial charge in [-0.05, 0) is 43.9 Å². The van der Waals surface area contributed by atoms with Gasteiger partial charge in [0, 0.05) is 19.4 Å². The van der Waals surface area contributed by atoms with Crippen LogP contribution in [0.1, 0.15) is 55.9 Å². The first-order chi connectivity index (χ1) is 11.6. The summed E-state index contributed by atoms with van der Waals surface area (Å²) in [7, 11) is 0. The van der Waals surface area contributed by atoms with Gasteiger partial charge in [0.25, 0.3) is 0 Å². The summed E-state index contributed by atoms with van der Waals surface area (Å²) in [6.07, 6.45) is 5.28. The first kappa shape index (κ1) is 16.6. The standard InChI is InChI=1S/C18H23FN4O/c1-13(18-22-21-16-8-3-2-4-11-23(16)18)20-17(24)10-9-14-6-5-7-15(19)12-14/h5-7,12-13H,2-4,8-11H2,1H3,(H,20,24). The van der Waals surface area contributed by atoms with Gasteiger partial charge in [-0.15, -0.1) is 10.2 Å². The Hall–Kier alpha value is -2.24. The van der Waals surface area contributed by atoms with Crippen molar-refractivity contribution in [1.82, 2.24) is 20.1 Å². The van der Waals surface area contributed by atoms with Crippen LogP contribution in [-0.2, 0) is 24.2 Å². The van der Waals surface area contributed by atoms with Gasteiger partial charge in [0.05, 0.1) is 6.04 Å². The van der Waals surface area contributed by atoms with Crippen LogP contribution >= 0.6 is 0 Å². The van der Waals surface area contributed by atoms with E-state index in [-0.39, 0.29) is 17.8 Å². The summed E-state index contributed by atoms with van der Waals surface area (Å²) in [5.74, 6) is 1.51. The van der Waals surface area contributed by atoms with Gasteiger partial charge in [-0.2, -0.15) is 0 Å². The van der Waals surface area contributed by atoms with E-state index in [2.05, 4.69) is 20.1 Å². The van der Waals surface area contributed by atoms with Crippen molar-refractivity contribution in [1.29, 1.82) is 0 Å². The number of carbonyl (C=O) groups excluding carboxylic acids is 1. The molecule has 1 unspecified atom stereocenters. The summed E-state index contributed by atoms with van der Waals surface area (Å²) < 4.78 is 15.3. The number of nitrogens with one attached hydrogen (secondary N) is 1. The molecule has 1 aliphatic rings. The fourth-order valence-electron chi connectivity index (χ4n) is 3.16. The van der Waals surface area contributed by atoms with Crippen LogP contribution in [0.3, 0.4) is 0 Å². The Kier molecular flexibility index (Phi) is 5.23. The maximum atomic E-state index is 13.2. The minimum Gasteiger partial charge on any atom is -0.346 e. The van der Waals surface area contributed by atoms with Crippen molar-refractivity contribution >= 4 is 5.91 Å². The number of benzene rings is 1. The van der Waals surface area contributed by atoms with Crippen molar-refractivity contribution in [2.45, 2.75) is 58.0 Å². The van der Waals surface area contributed by atoms with Crippen LogP contribution in [0.2, 0.25) is 0 Å². The van der Waals surface area contributed by atoms with Crippen LogP contribution in [0.15, 0.2) is 24.3 Å². The maximum Gasteiger partial charge on any atom is 0.220 e. The van der Waals surface area contributed by atoms with Crippen molar-refractivity contribution in [3.63, 3.8) is 0 Å². The number of aryl methyl sites for hydroxylation is 2. The molecule has 0 fully saturated rings. The van der Waals surface area contributed by atoms with Crippen LogP contribution < -0.4 is 5.32 Å². The molecule has 1 aromatic heterocycles. The van der Waals surface area contributed by atoms with Gasteiger partial charge in [0.1, 0.15) is 11.6 Å². The highest BCUT2D eigenvalue weighted by Gasteiger charge is 2.20. The zero-order valence-electron chi connectivity index (χ0n) is 14.0. The van der Waals surface area contributed by atoms with Gasteiger partial charge in [-0.1, -0.05) is 18.6 Å². The van der Waals surface area contributed by atoms with Gasteiger partial charge in [-0.3, -0.25) is 4.79 Å². The lowest BCUT2D eigenvalue weighted by Crippen LogP contribution is -2.29. The van der Waals surface area contributed by atoms with E-state index in [1.54, 1.807) is 6.07 Å². The minimum absolute atomic E-state index is 0.0577. The third-order valence-corrected chi connectivity index (χ3v) is 4.43. The minimum atomic E-state index is -0.271. The molecule has 2 aromatic rings. The van der Waals surface area contributed by atoms with Crippen molar-refractivity contribution in [2.75, 3.05) is 0 Å². The fraction of sp³-hybridized carbons (Fsp3) is 0.500. The van der Waals surface area contributed by atoms with E-state index in [0.717, 1.165) is 43.0 Å². The molecule has 1 amide bonds. The molecule has 5 nitrogen and oxygen atoms in total. The van der Waals surface area contributed by atoms with E-state index >= 15 is 0 Å². The number of halogens is 1. The number of aromatic nitrogens is 3. The highest BCUT2D eigenvalue weighted by Crippen LogP contribution is 2.18. The predicted octanol–water partition coefficient (Wildman–Crippen LogP) is 2.95. The second kappa shape index (κ2) is 7.55. The molecule has 1 aliphatic heterocycles. The Balaban J connectivity index is 1.57. The van der Waals surface area contributed by atoms with Crippen LogP contribution in [0.25, 0.3) is 0 Å². The normalized spacial score (nSPS) is 15.4. The molecular formula is C18H23FN4O. The Labute approximate surface area is 141 Å². The lowest BCUT2D eigenvalue weighted by Gasteiger charge is -2.15. The molecule has 0 bridgehead atoms. The molecule has 1 atom stereocenters. The van der Waals surface area contributed by atoms with Crippen molar-refractivity contribution < 1.29 is 9.18 Å². The summed E-state index contributed by atoms with van der Waals surface area (Å²) in [4.78, 5) is 12.2. The largest absolute Gasteiger partial charge is 0.346 e. The lowest BCUT2D eigenvalue weighted by molar-refractivity contribution is -0.121. The average Bonchev–Trinajstić information content (AvgIpc) is 2.82. The van der Waals surface area contributed by atoms with Crippen molar-refractivity contribution in [3.05, 3.63) is 47.3 Å². The van der Waals surface area contributed by atoms with Crippen LogP contribution in [0.4, 0.5) is 4.39 Å². The molecule has 24 heavy (non-hydrogen) atoms. The van der Waals surface area contributed by atoms with E-state index in [9.17, 15) is 9.18 Å². The Morgan fingerprint density at radius 3 is 3.04 bits per heavy atom. The van der Waals surface area contributed by atoms with E-state index in [0.29, 0.717) is 12.8 Å². The van der Waals surface area contributed by atoms with Gasteiger partial charge in [0.2, 0.25) is 5.91 Å². The highest BCUT2D eigenvalue weighted by molar-refractivity contribution is 5.76. The van der Waals surface area contributed by atoms with Gasteiger partial charge < -0.3 is 9.88 Å². The summed E-state index contributed by atoms with van der Waals surface area (Å²) in [6.45, 7) is 2.85. The van der Waals surface area contributed by atoms with Gasteiger partial charge in [-0.25, -0.2) is 4.39 Å². The molecule has 6 heteroatoms. The zero-order valence-corrected chi connectivity index (χ0v) is 14.0. The molecular weight excluding hydrogens is 307 g/mol. The monoisotopic (exact) mass is 330 g/mol. The molecule has 1 aromatic carbocycles. The third kappa shape index (κ3) is 3.99. The summed E-state index contributed by atoms with van der Waals surface area (Å²) in [6, 6.07) is 6.19. The first-order valence-electron chi connectivity index (χ1n) is 8.59. The fourth-order valence-corrected chi connectivity index (χ4v) is 3.16. The molecule has 3 rings (SSSR count). The Bertz CT molecular complexity index is 713. The quantitative estimate of drug-likeness (QED) is 0.917. The number of carbonyl (C=O) groups is 1. The van der Waals surface area contributed by atoms with Crippen LogP contribution in [0, 0.1) is 5.82 Å². The van der Waals surface area contributed by atoms with Crippen molar-refractivity contribution in [2.24, 2.45) is 0 Å². The smallest absolute Gasteiger partial charge is 0.220 e. The molecule has 0 spiro atoms. The van der Waals surface area contributed by atoms with E-state index < -0.39 is 0 Å². The highest BCUT2D eigenvalue weighted by atomic mass is 19.1. The van der Waals surface area contributed by atoms with E-state index in [4.69, 9.17) is 0 Å². The van der Waals surface area contributed by atoms with Crippen LogP contribution in [-0.4, -0.2) is 20.7 Å².